The van der Waals surface area contributed by atoms with Gasteiger partial charge in [-0.05, 0) is 37.5 Å². The van der Waals surface area contributed by atoms with Gasteiger partial charge in [0, 0.05) is 36.5 Å². The van der Waals surface area contributed by atoms with Crippen LogP contribution >= 0.6 is 24.0 Å². The van der Waals surface area contributed by atoms with E-state index in [1.165, 1.54) is 0 Å². The summed E-state index contributed by atoms with van der Waals surface area (Å²) in [6.45, 7) is 4.66. The summed E-state index contributed by atoms with van der Waals surface area (Å²) in [5, 5.41) is 11.5. The third-order valence-corrected chi connectivity index (χ3v) is 5.24. The van der Waals surface area contributed by atoms with Crippen LogP contribution in [-0.2, 0) is 0 Å². The molecule has 7 heteroatoms. The van der Waals surface area contributed by atoms with Crippen LogP contribution in [0.15, 0.2) is 24.4 Å². The highest BCUT2D eigenvalue weighted by Crippen LogP contribution is 2.42. The molecule has 1 aromatic heterocycles. The zero-order valence-electron chi connectivity index (χ0n) is 14.1. The van der Waals surface area contributed by atoms with Gasteiger partial charge in [-0.15, -0.1) is 12.4 Å². The van der Waals surface area contributed by atoms with E-state index in [0.29, 0.717) is 22.4 Å². The minimum absolute atomic E-state index is 0. The number of halogens is 2. The van der Waals surface area contributed by atoms with E-state index in [9.17, 15) is 4.79 Å². The fourth-order valence-electron chi connectivity index (χ4n) is 3.03. The Hall–Kier alpha value is -1.56. The fourth-order valence-corrected chi connectivity index (χ4v) is 3.20. The van der Waals surface area contributed by atoms with Gasteiger partial charge in [-0.1, -0.05) is 17.7 Å². The summed E-state index contributed by atoms with van der Waals surface area (Å²) in [5.41, 5.74) is 3.66. The van der Waals surface area contributed by atoms with Gasteiger partial charge >= 0.3 is 0 Å². The molecule has 1 aliphatic carbocycles. The minimum atomic E-state index is -0.0201. The second-order valence-electron chi connectivity index (χ2n) is 6.80. The number of amides is 1. The molecule has 1 aliphatic heterocycles. The first-order valence-corrected chi connectivity index (χ1v) is 8.84. The summed E-state index contributed by atoms with van der Waals surface area (Å²) >= 11 is 6.26. The van der Waals surface area contributed by atoms with Crippen LogP contribution in [0.3, 0.4) is 0 Å². The first-order chi connectivity index (χ1) is 11.6. The first kappa shape index (κ1) is 18.2. The second-order valence-corrected chi connectivity index (χ2v) is 7.20. The van der Waals surface area contributed by atoms with Crippen molar-refractivity contribution in [2.45, 2.75) is 25.7 Å². The Morgan fingerprint density at radius 2 is 2.16 bits per heavy atom. The van der Waals surface area contributed by atoms with Crippen molar-refractivity contribution in [3.05, 3.63) is 46.2 Å². The molecule has 2 fully saturated rings. The van der Waals surface area contributed by atoms with Crippen LogP contribution in [0.4, 0.5) is 0 Å². The normalized spacial score (nSPS) is 16.9. The van der Waals surface area contributed by atoms with Gasteiger partial charge in [0.05, 0.1) is 23.1 Å². The predicted octanol–water partition coefficient (Wildman–Crippen LogP) is 3.08. The van der Waals surface area contributed by atoms with Gasteiger partial charge in [0.2, 0.25) is 0 Å². The zero-order valence-corrected chi connectivity index (χ0v) is 15.7. The molecule has 0 radical (unpaired) electrons. The Kier molecular flexibility index (Phi) is 5.37. The average Bonchev–Trinajstić information content (AvgIpc) is 3.26. The minimum Gasteiger partial charge on any atom is -0.352 e. The van der Waals surface area contributed by atoms with E-state index in [-0.39, 0.29) is 18.3 Å². The SMILES string of the molecule is Cc1ccc(-n2ncc(C(=O)NCC3CNC3)c2C2CC2)cc1Cl.Cl. The Morgan fingerprint density at radius 1 is 1.40 bits per heavy atom. The van der Waals surface area contributed by atoms with Gasteiger partial charge in [0.25, 0.3) is 5.91 Å². The van der Waals surface area contributed by atoms with Gasteiger partial charge in [0.1, 0.15) is 0 Å². The molecular formula is C18H22Cl2N4O. The Morgan fingerprint density at radius 3 is 2.76 bits per heavy atom. The van der Waals surface area contributed by atoms with Crippen LogP contribution in [0.25, 0.3) is 5.69 Å². The molecule has 0 spiro atoms. The van der Waals surface area contributed by atoms with E-state index in [0.717, 1.165) is 49.4 Å². The number of aromatic nitrogens is 2. The number of aryl methyl sites for hydroxylation is 1. The number of benzene rings is 1. The smallest absolute Gasteiger partial charge is 0.254 e. The van der Waals surface area contributed by atoms with E-state index in [1.54, 1.807) is 6.20 Å². The summed E-state index contributed by atoms with van der Waals surface area (Å²) in [6, 6.07) is 5.90. The zero-order chi connectivity index (χ0) is 16.7. The molecule has 1 saturated carbocycles. The highest BCUT2D eigenvalue weighted by molar-refractivity contribution is 6.31. The van der Waals surface area contributed by atoms with Crippen LogP contribution < -0.4 is 10.6 Å². The Labute approximate surface area is 158 Å². The molecule has 2 N–H and O–H groups in total. The van der Waals surface area contributed by atoms with Crippen molar-refractivity contribution in [1.29, 1.82) is 0 Å². The fraction of sp³-hybridized carbons (Fsp3) is 0.444. The lowest BCUT2D eigenvalue weighted by atomic mass is 10.0. The number of carbonyl (C=O) groups is 1. The molecule has 0 atom stereocenters. The van der Waals surface area contributed by atoms with Crippen molar-refractivity contribution in [3.63, 3.8) is 0 Å². The third-order valence-electron chi connectivity index (χ3n) is 4.83. The largest absolute Gasteiger partial charge is 0.352 e. The summed E-state index contributed by atoms with van der Waals surface area (Å²) in [6.07, 6.45) is 3.91. The molecule has 1 amide bonds. The monoisotopic (exact) mass is 380 g/mol. The summed E-state index contributed by atoms with van der Waals surface area (Å²) in [4.78, 5) is 12.6. The highest BCUT2D eigenvalue weighted by atomic mass is 35.5. The molecule has 0 bridgehead atoms. The van der Waals surface area contributed by atoms with Crippen molar-refractivity contribution >= 4 is 29.9 Å². The van der Waals surface area contributed by atoms with Gasteiger partial charge in [-0.25, -0.2) is 4.68 Å². The molecular weight excluding hydrogens is 359 g/mol. The van der Waals surface area contributed by atoms with Gasteiger partial charge in [-0.2, -0.15) is 5.10 Å². The number of nitrogens with one attached hydrogen (secondary N) is 2. The van der Waals surface area contributed by atoms with Gasteiger partial charge < -0.3 is 10.6 Å². The van der Waals surface area contributed by atoms with Crippen LogP contribution in [-0.4, -0.2) is 35.3 Å². The maximum atomic E-state index is 12.6. The van der Waals surface area contributed by atoms with Crippen molar-refractivity contribution in [1.82, 2.24) is 20.4 Å². The maximum Gasteiger partial charge on any atom is 0.254 e. The lowest BCUT2D eigenvalue weighted by Crippen LogP contribution is -2.48. The van der Waals surface area contributed by atoms with Crippen molar-refractivity contribution in [2.24, 2.45) is 5.92 Å². The Balaban J connectivity index is 0.00000182. The highest BCUT2D eigenvalue weighted by Gasteiger charge is 2.33. The molecule has 0 unspecified atom stereocenters. The molecule has 134 valence electrons. The van der Waals surface area contributed by atoms with Crippen molar-refractivity contribution in [2.75, 3.05) is 19.6 Å². The maximum absolute atomic E-state index is 12.6. The molecule has 25 heavy (non-hydrogen) atoms. The summed E-state index contributed by atoms with van der Waals surface area (Å²) in [5.74, 6) is 0.941. The number of hydrogen-bond donors (Lipinski definition) is 2. The summed E-state index contributed by atoms with van der Waals surface area (Å²) in [7, 11) is 0. The molecule has 2 heterocycles. The van der Waals surface area contributed by atoms with Crippen molar-refractivity contribution in [3.8, 4) is 5.69 Å². The summed E-state index contributed by atoms with van der Waals surface area (Å²) < 4.78 is 1.88. The van der Waals surface area contributed by atoms with E-state index >= 15 is 0 Å². The van der Waals surface area contributed by atoms with Gasteiger partial charge in [0.15, 0.2) is 0 Å². The second kappa shape index (κ2) is 7.36. The van der Waals surface area contributed by atoms with E-state index in [1.807, 2.05) is 29.8 Å². The molecule has 2 aliphatic rings. The van der Waals surface area contributed by atoms with E-state index in [2.05, 4.69) is 15.7 Å². The molecule has 4 rings (SSSR count). The van der Waals surface area contributed by atoms with Crippen molar-refractivity contribution < 1.29 is 4.79 Å². The molecule has 5 nitrogen and oxygen atoms in total. The number of hydrogen-bond acceptors (Lipinski definition) is 3. The standard InChI is InChI=1S/C18H21ClN4O.ClH/c1-11-2-5-14(6-16(11)19)23-17(13-3-4-13)15(10-22-23)18(24)21-9-12-7-20-8-12;/h2,5-6,10,12-13,20H,3-4,7-9H2,1H3,(H,21,24);1H. The van der Waals surface area contributed by atoms with Crippen LogP contribution in [0.2, 0.25) is 5.02 Å². The number of nitrogens with zero attached hydrogens (tertiary/aromatic N) is 2. The number of carbonyl (C=O) groups excluding carboxylic acids is 1. The van der Waals surface area contributed by atoms with Crippen LogP contribution in [0.5, 0.6) is 0 Å². The predicted molar refractivity (Wildman–Crippen MR) is 101 cm³/mol. The van der Waals surface area contributed by atoms with Crippen LogP contribution in [0, 0.1) is 12.8 Å². The lowest BCUT2D eigenvalue weighted by molar-refractivity contribution is 0.0941. The average molecular weight is 381 g/mol. The Bertz CT molecular complexity index is 781. The topological polar surface area (TPSA) is 59.0 Å². The first-order valence-electron chi connectivity index (χ1n) is 8.47. The van der Waals surface area contributed by atoms with E-state index < -0.39 is 0 Å². The van der Waals surface area contributed by atoms with E-state index in [4.69, 9.17) is 11.6 Å². The van der Waals surface area contributed by atoms with Gasteiger partial charge in [-0.3, -0.25) is 4.79 Å². The molecule has 1 aromatic carbocycles. The third kappa shape index (κ3) is 3.68. The van der Waals surface area contributed by atoms with Crippen LogP contribution in [0.1, 0.15) is 40.4 Å². The number of rotatable bonds is 5. The molecule has 1 saturated heterocycles. The molecule has 2 aromatic rings. The lowest BCUT2D eigenvalue weighted by Gasteiger charge is -2.27. The quantitative estimate of drug-likeness (QED) is 0.837.